The number of aromatic nitrogens is 2. The van der Waals surface area contributed by atoms with Crippen LogP contribution in [-0.2, 0) is 6.54 Å². The van der Waals surface area contributed by atoms with E-state index in [4.69, 9.17) is 5.73 Å². The van der Waals surface area contributed by atoms with Crippen molar-refractivity contribution in [3.63, 3.8) is 0 Å². The molecule has 0 aromatic carbocycles. The third-order valence-corrected chi connectivity index (χ3v) is 3.54. The Morgan fingerprint density at radius 3 is 3.06 bits per heavy atom. The lowest BCUT2D eigenvalue weighted by Gasteiger charge is -2.33. The molecular weight excluding hydrogens is 200 g/mol. The van der Waals surface area contributed by atoms with Gasteiger partial charge in [-0.15, -0.1) is 0 Å². The Morgan fingerprint density at radius 1 is 1.56 bits per heavy atom. The van der Waals surface area contributed by atoms with E-state index < -0.39 is 0 Å². The predicted molar refractivity (Wildman–Crippen MR) is 65.1 cm³/mol. The highest BCUT2D eigenvalue weighted by Gasteiger charge is 2.20. The second kappa shape index (κ2) is 4.97. The zero-order chi connectivity index (χ0) is 11.5. The maximum absolute atomic E-state index is 5.92. The fourth-order valence-electron chi connectivity index (χ4n) is 2.46. The second-order valence-electron chi connectivity index (χ2n) is 4.89. The molecule has 4 nitrogen and oxygen atoms in total. The van der Waals surface area contributed by atoms with Crippen LogP contribution in [0.1, 0.15) is 37.9 Å². The van der Waals surface area contributed by atoms with E-state index in [1.54, 1.807) is 0 Å². The van der Waals surface area contributed by atoms with Crippen LogP contribution in [0.5, 0.6) is 0 Å². The Bertz CT molecular complexity index is 332. The van der Waals surface area contributed by atoms with Gasteiger partial charge in [-0.05, 0) is 33.4 Å². The van der Waals surface area contributed by atoms with Crippen molar-refractivity contribution in [2.24, 2.45) is 5.73 Å². The normalized spacial score (nSPS) is 24.6. The Labute approximate surface area is 97.4 Å². The lowest BCUT2D eigenvalue weighted by Crippen LogP contribution is -2.39. The quantitative estimate of drug-likeness (QED) is 0.840. The summed E-state index contributed by atoms with van der Waals surface area (Å²) in [5.74, 6) is 0. The summed E-state index contributed by atoms with van der Waals surface area (Å²) >= 11 is 0. The molecule has 1 fully saturated rings. The molecular formula is C12H22N4. The van der Waals surface area contributed by atoms with Crippen LogP contribution >= 0.6 is 0 Å². The van der Waals surface area contributed by atoms with E-state index in [0.717, 1.165) is 12.2 Å². The van der Waals surface area contributed by atoms with Gasteiger partial charge in [-0.1, -0.05) is 6.42 Å². The zero-order valence-electron chi connectivity index (χ0n) is 10.3. The van der Waals surface area contributed by atoms with E-state index in [1.165, 1.54) is 25.8 Å². The van der Waals surface area contributed by atoms with Crippen molar-refractivity contribution in [1.29, 1.82) is 0 Å². The van der Waals surface area contributed by atoms with Crippen molar-refractivity contribution in [2.45, 2.75) is 44.8 Å². The van der Waals surface area contributed by atoms with Gasteiger partial charge >= 0.3 is 0 Å². The van der Waals surface area contributed by atoms with Crippen molar-refractivity contribution < 1.29 is 0 Å². The van der Waals surface area contributed by atoms with Gasteiger partial charge in [0.1, 0.15) is 0 Å². The lowest BCUT2D eigenvalue weighted by atomic mass is 10.0. The molecule has 0 radical (unpaired) electrons. The van der Waals surface area contributed by atoms with Crippen LogP contribution in [0.2, 0.25) is 0 Å². The number of likely N-dealkylation sites (N-methyl/N-ethyl adjacent to an activating group) is 1. The summed E-state index contributed by atoms with van der Waals surface area (Å²) < 4.78 is 2.21. The lowest BCUT2D eigenvalue weighted by molar-refractivity contribution is 0.166. The van der Waals surface area contributed by atoms with Gasteiger partial charge in [-0.3, -0.25) is 0 Å². The third kappa shape index (κ3) is 2.44. The largest absolute Gasteiger partial charge is 0.332 e. The first kappa shape index (κ1) is 11.6. The molecule has 0 bridgehead atoms. The van der Waals surface area contributed by atoms with Crippen molar-refractivity contribution in [2.75, 3.05) is 13.6 Å². The average Bonchev–Trinajstić information content (AvgIpc) is 2.69. The highest BCUT2D eigenvalue weighted by Crippen LogP contribution is 2.18. The topological polar surface area (TPSA) is 47.1 Å². The molecule has 0 saturated carbocycles. The van der Waals surface area contributed by atoms with Crippen LogP contribution in [-0.4, -0.2) is 34.1 Å². The molecule has 16 heavy (non-hydrogen) atoms. The Hall–Kier alpha value is -0.870. The highest BCUT2D eigenvalue weighted by atomic mass is 15.2. The number of nitrogens with two attached hydrogens (primary N) is 1. The van der Waals surface area contributed by atoms with Gasteiger partial charge in [0.05, 0.1) is 12.0 Å². The molecule has 1 saturated heterocycles. The number of likely N-dealkylation sites (tertiary alicyclic amines) is 1. The fraction of sp³-hybridized carbons (Fsp3) is 0.750. The van der Waals surface area contributed by atoms with Crippen LogP contribution in [0, 0.1) is 0 Å². The van der Waals surface area contributed by atoms with Crippen LogP contribution in [0.15, 0.2) is 12.5 Å². The Morgan fingerprint density at radius 2 is 2.38 bits per heavy atom. The van der Waals surface area contributed by atoms with Gasteiger partial charge in [0.25, 0.3) is 0 Å². The molecule has 2 unspecified atom stereocenters. The molecule has 90 valence electrons. The van der Waals surface area contributed by atoms with E-state index in [9.17, 15) is 0 Å². The molecule has 1 aromatic heterocycles. The summed E-state index contributed by atoms with van der Waals surface area (Å²) in [7, 11) is 2.21. The molecule has 1 aliphatic rings. The molecule has 1 aliphatic heterocycles. The minimum Gasteiger partial charge on any atom is -0.332 e. The first-order chi connectivity index (χ1) is 7.68. The summed E-state index contributed by atoms with van der Waals surface area (Å²) in [5.41, 5.74) is 7.06. The van der Waals surface area contributed by atoms with Gasteiger partial charge in [0, 0.05) is 24.8 Å². The molecule has 2 heterocycles. The smallest absolute Gasteiger partial charge is 0.0949 e. The van der Waals surface area contributed by atoms with Gasteiger partial charge in [0.15, 0.2) is 0 Å². The number of nitrogens with zero attached hydrogens (tertiary/aromatic N) is 3. The maximum Gasteiger partial charge on any atom is 0.0949 e. The summed E-state index contributed by atoms with van der Waals surface area (Å²) in [4.78, 5) is 6.65. The van der Waals surface area contributed by atoms with E-state index in [1.807, 2.05) is 19.4 Å². The van der Waals surface area contributed by atoms with Crippen LogP contribution < -0.4 is 5.73 Å². The molecule has 1 aromatic rings. The molecule has 0 amide bonds. The van der Waals surface area contributed by atoms with E-state index >= 15 is 0 Å². The second-order valence-corrected chi connectivity index (χ2v) is 4.89. The van der Waals surface area contributed by atoms with Gasteiger partial charge in [-0.25, -0.2) is 4.98 Å². The van der Waals surface area contributed by atoms with Crippen molar-refractivity contribution >= 4 is 0 Å². The minimum atomic E-state index is 0.0661. The monoisotopic (exact) mass is 222 g/mol. The Kier molecular flexibility index (Phi) is 3.61. The van der Waals surface area contributed by atoms with Crippen molar-refractivity contribution in [1.82, 2.24) is 14.5 Å². The minimum absolute atomic E-state index is 0.0661. The third-order valence-electron chi connectivity index (χ3n) is 3.54. The SMILES string of the molecule is CC(N)c1cncn1CC1CCCCN1C. The standard InChI is InChI=1S/C12H22N4/c1-10(13)12-7-14-9-16(12)8-11-5-3-4-6-15(11)2/h7,9-11H,3-6,8,13H2,1-2H3. The van der Waals surface area contributed by atoms with Gasteiger partial charge in [0.2, 0.25) is 0 Å². The summed E-state index contributed by atoms with van der Waals surface area (Å²) in [6, 6.07) is 0.705. The first-order valence-corrected chi connectivity index (χ1v) is 6.14. The van der Waals surface area contributed by atoms with Gasteiger partial charge < -0.3 is 15.2 Å². The molecule has 0 spiro atoms. The molecule has 2 N–H and O–H groups in total. The Balaban J connectivity index is 2.04. The number of hydrogen-bond donors (Lipinski definition) is 1. The van der Waals surface area contributed by atoms with Crippen LogP contribution in [0.4, 0.5) is 0 Å². The molecule has 0 aliphatic carbocycles. The maximum atomic E-state index is 5.92. The molecule has 4 heteroatoms. The first-order valence-electron chi connectivity index (χ1n) is 6.14. The van der Waals surface area contributed by atoms with E-state index in [-0.39, 0.29) is 6.04 Å². The van der Waals surface area contributed by atoms with Crippen molar-refractivity contribution in [3.05, 3.63) is 18.2 Å². The average molecular weight is 222 g/mol. The predicted octanol–water partition coefficient (Wildman–Crippen LogP) is 1.39. The summed E-state index contributed by atoms with van der Waals surface area (Å²) in [6.07, 6.45) is 7.75. The highest BCUT2D eigenvalue weighted by molar-refractivity contribution is 5.03. The summed E-state index contributed by atoms with van der Waals surface area (Å²) in [5, 5.41) is 0. The number of piperidine rings is 1. The molecule has 2 atom stereocenters. The zero-order valence-corrected chi connectivity index (χ0v) is 10.3. The summed E-state index contributed by atoms with van der Waals surface area (Å²) in [6.45, 7) is 4.25. The van der Waals surface area contributed by atoms with Crippen molar-refractivity contribution in [3.8, 4) is 0 Å². The van der Waals surface area contributed by atoms with Crippen LogP contribution in [0.25, 0.3) is 0 Å². The van der Waals surface area contributed by atoms with Gasteiger partial charge in [-0.2, -0.15) is 0 Å². The number of rotatable bonds is 3. The van der Waals surface area contributed by atoms with E-state index in [0.29, 0.717) is 6.04 Å². The fourth-order valence-corrected chi connectivity index (χ4v) is 2.46. The van der Waals surface area contributed by atoms with Crippen LogP contribution in [0.3, 0.4) is 0 Å². The molecule has 2 rings (SSSR count). The number of hydrogen-bond acceptors (Lipinski definition) is 3. The number of imidazole rings is 1. The van der Waals surface area contributed by atoms with E-state index in [2.05, 4.69) is 21.5 Å².